The summed E-state index contributed by atoms with van der Waals surface area (Å²) in [5, 5.41) is 10.5. The molecular weight excluding hydrogens is 318 g/mol. The van der Waals surface area contributed by atoms with Crippen LogP contribution in [-0.4, -0.2) is 18.2 Å². The summed E-state index contributed by atoms with van der Waals surface area (Å²) < 4.78 is 7.84. The van der Waals surface area contributed by atoms with Crippen LogP contribution in [0.15, 0.2) is 47.4 Å². The molecule has 0 radical (unpaired) electrons. The zero-order valence-electron chi connectivity index (χ0n) is 13.7. The summed E-state index contributed by atoms with van der Waals surface area (Å²) in [5.41, 5.74) is 5.17. The summed E-state index contributed by atoms with van der Waals surface area (Å²) >= 11 is 1.29. The number of anilines is 1. The van der Waals surface area contributed by atoms with Crippen molar-refractivity contribution in [2.45, 2.75) is 24.3 Å². The van der Waals surface area contributed by atoms with E-state index in [-0.39, 0.29) is 0 Å². The number of nitrogens with zero attached hydrogens (tertiary/aromatic N) is 1. The number of rotatable bonds is 4. The van der Waals surface area contributed by atoms with E-state index in [4.69, 9.17) is 9.88 Å². The number of aromatic nitrogens is 1. The fourth-order valence-corrected chi connectivity index (χ4v) is 3.90. The molecule has 0 saturated heterocycles. The van der Waals surface area contributed by atoms with Crippen molar-refractivity contribution in [1.29, 1.82) is 0 Å². The van der Waals surface area contributed by atoms with Gasteiger partial charge in [-0.05, 0) is 60.7 Å². The first kappa shape index (κ1) is 15.4. The number of hydrogen-bond donors (Lipinski definition) is 2. The van der Waals surface area contributed by atoms with Gasteiger partial charge in [0.05, 0.1) is 18.3 Å². The molecule has 0 atom stereocenters. The van der Waals surface area contributed by atoms with Crippen molar-refractivity contribution in [3.63, 3.8) is 0 Å². The largest absolute Gasteiger partial charge is 0.497 e. The molecule has 0 unspecified atom stereocenters. The van der Waals surface area contributed by atoms with Gasteiger partial charge in [0.1, 0.15) is 5.75 Å². The molecule has 2 heterocycles. The van der Waals surface area contributed by atoms with Gasteiger partial charge < -0.3 is 14.6 Å². The molecule has 1 aliphatic heterocycles. The Balaban J connectivity index is 1.84. The second-order valence-electron chi connectivity index (χ2n) is 6.09. The van der Waals surface area contributed by atoms with Crippen molar-refractivity contribution < 1.29 is 4.74 Å². The van der Waals surface area contributed by atoms with Gasteiger partial charge in [-0.1, -0.05) is 12.1 Å². The topological polar surface area (TPSA) is 52.2 Å². The number of methoxy groups -OCH3 is 1. The fraction of sp³-hybridized carbons (Fsp3) is 0.263. The van der Waals surface area contributed by atoms with Crippen molar-refractivity contribution in [3.8, 4) is 5.75 Å². The van der Waals surface area contributed by atoms with Gasteiger partial charge in [0.15, 0.2) is 0 Å². The third-order valence-corrected chi connectivity index (χ3v) is 5.17. The van der Waals surface area contributed by atoms with Gasteiger partial charge in [-0.2, -0.15) is 0 Å². The van der Waals surface area contributed by atoms with Crippen LogP contribution >= 0.6 is 11.9 Å². The van der Waals surface area contributed by atoms with Gasteiger partial charge in [-0.25, -0.2) is 0 Å². The minimum absolute atomic E-state index is 0.855. The molecule has 0 saturated carbocycles. The lowest BCUT2D eigenvalue weighted by atomic mass is 10.1. The van der Waals surface area contributed by atoms with Gasteiger partial charge in [0, 0.05) is 29.1 Å². The highest BCUT2D eigenvalue weighted by Crippen LogP contribution is 2.36. The molecular formula is C19H21N3OS. The number of benzene rings is 2. The van der Waals surface area contributed by atoms with Crippen LogP contribution in [-0.2, 0) is 13.0 Å². The van der Waals surface area contributed by atoms with E-state index >= 15 is 0 Å². The average molecular weight is 339 g/mol. The highest BCUT2D eigenvalue weighted by Gasteiger charge is 2.20. The molecule has 124 valence electrons. The number of nitrogens with two attached hydrogens (primary N) is 1. The van der Waals surface area contributed by atoms with Gasteiger partial charge >= 0.3 is 0 Å². The summed E-state index contributed by atoms with van der Waals surface area (Å²) in [6, 6.07) is 14.8. The van der Waals surface area contributed by atoms with E-state index in [1.54, 1.807) is 7.11 Å². The quantitative estimate of drug-likeness (QED) is 0.705. The van der Waals surface area contributed by atoms with E-state index in [1.807, 2.05) is 12.1 Å². The molecule has 4 rings (SSSR count). The average Bonchev–Trinajstić information content (AvgIpc) is 2.95. The Labute approximate surface area is 146 Å². The third kappa shape index (κ3) is 2.64. The molecule has 0 bridgehead atoms. The van der Waals surface area contributed by atoms with Crippen molar-refractivity contribution in [1.82, 2.24) is 4.57 Å². The Kier molecular flexibility index (Phi) is 4.12. The lowest BCUT2D eigenvalue weighted by molar-refractivity contribution is 0.415. The molecule has 0 amide bonds. The predicted molar refractivity (Wildman–Crippen MR) is 101 cm³/mol. The van der Waals surface area contributed by atoms with E-state index in [0.29, 0.717) is 0 Å². The first-order chi connectivity index (χ1) is 11.8. The van der Waals surface area contributed by atoms with Crippen LogP contribution in [0.25, 0.3) is 10.9 Å². The Morgan fingerprint density at radius 1 is 1.25 bits per heavy atom. The standard InChI is InChI=1S/C19H21N3OS/c1-23-14-7-8-17-16(11-14)19-18(6-3-9-21-19)22(17)12-13-4-2-5-15(10-13)24-20/h2,4-5,7-8,10-11,21H,3,6,9,12,20H2,1H3. The third-order valence-electron chi connectivity index (χ3n) is 4.65. The minimum atomic E-state index is 0.855. The van der Waals surface area contributed by atoms with Crippen LogP contribution < -0.4 is 15.2 Å². The Morgan fingerprint density at radius 2 is 2.17 bits per heavy atom. The molecule has 2 aromatic carbocycles. The van der Waals surface area contributed by atoms with Crippen LogP contribution in [0, 0.1) is 0 Å². The second kappa shape index (κ2) is 6.42. The maximum absolute atomic E-state index is 5.71. The smallest absolute Gasteiger partial charge is 0.119 e. The maximum Gasteiger partial charge on any atom is 0.119 e. The fourth-order valence-electron chi connectivity index (χ4n) is 3.52. The van der Waals surface area contributed by atoms with Crippen molar-refractivity contribution in [3.05, 3.63) is 53.7 Å². The molecule has 5 heteroatoms. The molecule has 1 aliphatic rings. The predicted octanol–water partition coefficient (Wildman–Crippen LogP) is 4.02. The number of fused-ring (bicyclic) bond motifs is 3. The number of ether oxygens (including phenoxy) is 1. The maximum atomic E-state index is 5.71. The normalized spacial score (nSPS) is 13.6. The van der Waals surface area contributed by atoms with Gasteiger partial charge in [0.25, 0.3) is 0 Å². The second-order valence-corrected chi connectivity index (χ2v) is 6.79. The van der Waals surface area contributed by atoms with Crippen molar-refractivity contribution in [2.75, 3.05) is 19.0 Å². The molecule has 1 aromatic heterocycles. The van der Waals surface area contributed by atoms with Crippen LogP contribution in [0.2, 0.25) is 0 Å². The Morgan fingerprint density at radius 3 is 3.00 bits per heavy atom. The first-order valence-corrected chi connectivity index (χ1v) is 9.07. The molecule has 0 aliphatic carbocycles. The van der Waals surface area contributed by atoms with Crippen LogP contribution in [0.1, 0.15) is 17.7 Å². The van der Waals surface area contributed by atoms with Crippen LogP contribution in [0.4, 0.5) is 5.69 Å². The van der Waals surface area contributed by atoms with E-state index in [2.05, 4.69) is 40.2 Å². The monoisotopic (exact) mass is 339 g/mol. The van der Waals surface area contributed by atoms with Crippen LogP contribution in [0.3, 0.4) is 0 Å². The zero-order chi connectivity index (χ0) is 16.5. The summed E-state index contributed by atoms with van der Waals surface area (Å²) in [4.78, 5) is 1.10. The Bertz CT molecular complexity index is 888. The molecule has 0 spiro atoms. The zero-order valence-corrected chi connectivity index (χ0v) is 14.5. The molecule has 3 aromatic rings. The van der Waals surface area contributed by atoms with E-state index < -0.39 is 0 Å². The molecule has 24 heavy (non-hydrogen) atoms. The summed E-state index contributed by atoms with van der Waals surface area (Å²) in [6.45, 7) is 1.89. The SMILES string of the molecule is COc1ccc2c(c1)c1c(n2Cc2cccc(SN)c2)CCCN1. The molecule has 0 fully saturated rings. The highest BCUT2D eigenvalue weighted by molar-refractivity contribution is 7.97. The van der Waals surface area contributed by atoms with Crippen molar-refractivity contribution in [2.24, 2.45) is 5.14 Å². The number of nitrogens with one attached hydrogen (secondary N) is 1. The van der Waals surface area contributed by atoms with E-state index in [9.17, 15) is 0 Å². The van der Waals surface area contributed by atoms with Gasteiger partial charge in [-0.3, -0.25) is 5.14 Å². The van der Waals surface area contributed by atoms with Gasteiger partial charge in [0.2, 0.25) is 0 Å². The molecule has 4 nitrogen and oxygen atoms in total. The number of hydrogen-bond acceptors (Lipinski definition) is 4. The lowest BCUT2D eigenvalue weighted by Crippen LogP contribution is -2.14. The minimum Gasteiger partial charge on any atom is -0.497 e. The highest BCUT2D eigenvalue weighted by atomic mass is 32.2. The summed E-state index contributed by atoms with van der Waals surface area (Å²) in [7, 11) is 1.72. The summed E-state index contributed by atoms with van der Waals surface area (Å²) in [5.74, 6) is 0.899. The van der Waals surface area contributed by atoms with Gasteiger partial charge in [-0.15, -0.1) is 0 Å². The lowest BCUT2D eigenvalue weighted by Gasteiger charge is -2.18. The summed E-state index contributed by atoms with van der Waals surface area (Å²) in [6.07, 6.45) is 2.27. The molecule has 3 N–H and O–H groups in total. The Hall–Kier alpha value is -2.11. The van der Waals surface area contributed by atoms with Crippen LogP contribution in [0.5, 0.6) is 5.75 Å². The van der Waals surface area contributed by atoms with E-state index in [0.717, 1.165) is 30.2 Å². The van der Waals surface area contributed by atoms with Crippen molar-refractivity contribution >= 4 is 28.5 Å². The van der Waals surface area contributed by atoms with E-state index in [1.165, 1.54) is 46.2 Å². The first-order valence-electron chi connectivity index (χ1n) is 8.19.